The Bertz CT molecular complexity index is 545. The molecule has 0 heterocycles. The van der Waals surface area contributed by atoms with E-state index >= 15 is 0 Å². The van der Waals surface area contributed by atoms with E-state index in [0.717, 1.165) is 0 Å². The normalized spacial score (nSPS) is 13.6. The number of ether oxygens (including phenoxy) is 1. The average molecular weight is 313 g/mol. The second kappa shape index (κ2) is 6.63. The molecule has 1 atom stereocenters. The molecule has 6 heteroatoms. The Balaban J connectivity index is 2.91. The molecule has 0 bridgehead atoms. The van der Waals surface area contributed by atoms with Crippen LogP contribution in [0.15, 0.2) is 24.3 Å². The lowest BCUT2D eigenvalue weighted by Crippen LogP contribution is -2.36. The summed E-state index contributed by atoms with van der Waals surface area (Å²) in [6, 6.07) is 6.48. The van der Waals surface area contributed by atoms with Crippen LogP contribution in [0.1, 0.15) is 32.4 Å². The van der Waals surface area contributed by atoms with E-state index in [0.29, 0.717) is 10.9 Å². The third kappa shape index (κ3) is 5.90. The summed E-state index contributed by atoms with van der Waals surface area (Å²) < 4.78 is 17.3. The largest absolute Gasteiger partial charge is 0.444 e. The third-order valence-electron chi connectivity index (χ3n) is 2.77. The monoisotopic (exact) mass is 313 g/mol. The van der Waals surface area contributed by atoms with Crippen LogP contribution in [-0.4, -0.2) is 36.7 Å². The molecule has 0 radical (unpaired) electrons. The number of nitrogens with one attached hydrogen (secondary N) is 1. The van der Waals surface area contributed by atoms with Crippen molar-refractivity contribution in [1.82, 2.24) is 5.32 Å². The van der Waals surface area contributed by atoms with Gasteiger partial charge in [0.05, 0.1) is 12.6 Å². The van der Waals surface area contributed by atoms with E-state index in [-0.39, 0.29) is 6.61 Å². The van der Waals surface area contributed by atoms with Crippen molar-refractivity contribution >= 4 is 18.5 Å². The molecule has 0 spiro atoms. The van der Waals surface area contributed by atoms with Gasteiger partial charge in [0.1, 0.15) is 12.7 Å². The first-order chi connectivity index (χ1) is 9.53. The highest BCUT2D eigenvalue weighted by Gasteiger charge is 2.21. The summed E-state index contributed by atoms with van der Waals surface area (Å²) in [5.41, 5.74) is 0.0962. The Morgan fingerprint density at radius 3 is 2.48 bits per heavy atom. The van der Waals surface area contributed by atoms with Crippen LogP contribution in [0.5, 0.6) is 0 Å². The third-order valence-corrected chi connectivity index (χ3v) is 4.29. The molecule has 1 unspecified atom stereocenters. The van der Waals surface area contributed by atoms with E-state index < -0.39 is 24.9 Å². The predicted octanol–water partition coefficient (Wildman–Crippen LogP) is 2.49. The molecule has 0 aliphatic heterocycles. The van der Waals surface area contributed by atoms with Gasteiger partial charge < -0.3 is 19.7 Å². The van der Waals surface area contributed by atoms with Gasteiger partial charge in [-0.1, -0.05) is 18.2 Å². The van der Waals surface area contributed by atoms with Gasteiger partial charge in [0, 0.05) is 5.30 Å². The van der Waals surface area contributed by atoms with Gasteiger partial charge in [0.15, 0.2) is 0 Å². The Morgan fingerprint density at radius 1 is 1.38 bits per heavy atom. The topological polar surface area (TPSA) is 75.6 Å². The lowest BCUT2D eigenvalue weighted by molar-refractivity contribution is 0.0482. The van der Waals surface area contributed by atoms with Crippen molar-refractivity contribution in [3.05, 3.63) is 29.8 Å². The molecule has 1 aromatic carbocycles. The first kappa shape index (κ1) is 17.7. The van der Waals surface area contributed by atoms with Gasteiger partial charge in [-0.15, -0.1) is 0 Å². The summed E-state index contributed by atoms with van der Waals surface area (Å²) in [4.78, 5) is 11.8. The van der Waals surface area contributed by atoms with E-state index in [1.165, 1.54) is 0 Å². The average Bonchev–Trinajstić information content (AvgIpc) is 2.33. The zero-order valence-electron chi connectivity index (χ0n) is 13.2. The van der Waals surface area contributed by atoms with Gasteiger partial charge in [-0.3, -0.25) is 0 Å². The molecule has 1 rings (SSSR count). The molecule has 118 valence electrons. The van der Waals surface area contributed by atoms with Crippen LogP contribution in [0.3, 0.4) is 0 Å². The zero-order valence-corrected chi connectivity index (χ0v) is 14.1. The van der Waals surface area contributed by atoms with E-state index in [9.17, 15) is 14.5 Å². The quantitative estimate of drug-likeness (QED) is 0.837. The van der Waals surface area contributed by atoms with Crippen LogP contribution in [0.25, 0.3) is 0 Å². The van der Waals surface area contributed by atoms with Gasteiger partial charge >= 0.3 is 6.09 Å². The van der Waals surface area contributed by atoms with Crippen LogP contribution >= 0.6 is 7.14 Å². The molecule has 1 amide bonds. The van der Waals surface area contributed by atoms with Crippen molar-refractivity contribution in [2.24, 2.45) is 0 Å². The smallest absolute Gasteiger partial charge is 0.408 e. The summed E-state index contributed by atoms with van der Waals surface area (Å²) >= 11 is 0. The summed E-state index contributed by atoms with van der Waals surface area (Å²) in [6.45, 7) is 8.41. The van der Waals surface area contributed by atoms with Gasteiger partial charge in [0.25, 0.3) is 0 Å². The fourth-order valence-corrected chi connectivity index (χ4v) is 2.67. The Morgan fingerprint density at radius 2 is 2.00 bits per heavy atom. The van der Waals surface area contributed by atoms with Gasteiger partial charge in [-0.2, -0.15) is 0 Å². The first-order valence-corrected chi connectivity index (χ1v) is 9.39. The van der Waals surface area contributed by atoms with E-state index in [2.05, 4.69) is 5.32 Å². The summed E-state index contributed by atoms with van der Waals surface area (Å²) in [6.07, 6.45) is -0.594. The number of rotatable bonds is 4. The highest BCUT2D eigenvalue weighted by Crippen LogP contribution is 2.35. The lowest BCUT2D eigenvalue weighted by atomic mass is 10.1. The fraction of sp³-hybridized carbons (Fsp3) is 0.533. The number of benzene rings is 1. The Labute approximate surface area is 126 Å². The van der Waals surface area contributed by atoms with E-state index in [4.69, 9.17) is 4.74 Å². The van der Waals surface area contributed by atoms with Crippen LogP contribution in [0.4, 0.5) is 4.79 Å². The van der Waals surface area contributed by atoms with Gasteiger partial charge in [-0.05, 0) is 45.7 Å². The van der Waals surface area contributed by atoms with E-state index in [1.807, 2.05) is 0 Å². The fourth-order valence-electron chi connectivity index (χ4n) is 1.76. The molecule has 2 N–H and O–H groups in total. The number of hydrogen-bond donors (Lipinski definition) is 2. The molecule has 0 saturated heterocycles. The maximum atomic E-state index is 12.1. The van der Waals surface area contributed by atoms with Crippen molar-refractivity contribution in [2.75, 3.05) is 19.9 Å². The minimum absolute atomic E-state index is 0.263. The van der Waals surface area contributed by atoms with Crippen LogP contribution < -0.4 is 10.6 Å². The Hall–Kier alpha value is -1.32. The molecular weight excluding hydrogens is 289 g/mol. The van der Waals surface area contributed by atoms with Crippen molar-refractivity contribution in [3.63, 3.8) is 0 Å². The number of aliphatic hydroxyl groups is 1. The molecular formula is C15H24NO4P. The number of alkyl carbamates (subject to hydrolysis) is 1. The van der Waals surface area contributed by atoms with Crippen molar-refractivity contribution in [2.45, 2.75) is 32.4 Å². The lowest BCUT2D eigenvalue weighted by Gasteiger charge is -2.23. The highest BCUT2D eigenvalue weighted by atomic mass is 31.2. The number of aliphatic hydroxyl groups excluding tert-OH is 1. The molecule has 0 aliphatic rings. The van der Waals surface area contributed by atoms with Crippen molar-refractivity contribution < 1.29 is 19.2 Å². The summed E-state index contributed by atoms with van der Waals surface area (Å²) in [5.74, 6) is 0. The number of carbonyl (C=O) groups excluding carboxylic acids is 1. The standard InChI is InChI=1S/C15H24NO4P/c1-15(2,3)20-14(18)16-13(10-17)11-7-6-8-12(9-11)21(4,5)19/h6-9,13,17H,10H2,1-5H3,(H,16,18). The predicted molar refractivity (Wildman–Crippen MR) is 84.7 cm³/mol. The second-order valence-electron chi connectivity index (χ2n) is 6.33. The molecule has 21 heavy (non-hydrogen) atoms. The molecule has 0 saturated carbocycles. The maximum Gasteiger partial charge on any atom is 0.408 e. The Kier molecular flexibility index (Phi) is 5.60. The SMILES string of the molecule is CC(C)(C)OC(=O)NC(CO)c1cccc(P(C)(C)=O)c1. The van der Waals surface area contributed by atoms with Crippen molar-refractivity contribution in [1.29, 1.82) is 0 Å². The van der Waals surface area contributed by atoms with Crippen LogP contribution in [0, 0.1) is 0 Å². The molecule has 1 aromatic rings. The number of carbonyl (C=O) groups is 1. The molecule has 0 aromatic heterocycles. The number of hydrogen-bond acceptors (Lipinski definition) is 4. The minimum Gasteiger partial charge on any atom is -0.444 e. The number of amides is 1. The highest BCUT2D eigenvalue weighted by molar-refractivity contribution is 7.70. The minimum atomic E-state index is -2.39. The van der Waals surface area contributed by atoms with Crippen molar-refractivity contribution in [3.8, 4) is 0 Å². The second-order valence-corrected chi connectivity index (χ2v) is 9.55. The van der Waals surface area contributed by atoms with Crippen LogP contribution in [0.2, 0.25) is 0 Å². The van der Waals surface area contributed by atoms with Gasteiger partial charge in [-0.25, -0.2) is 4.79 Å². The van der Waals surface area contributed by atoms with Gasteiger partial charge in [0.2, 0.25) is 0 Å². The first-order valence-electron chi connectivity index (χ1n) is 6.79. The molecule has 0 aliphatic carbocycles. The maximum absolute atomic E-state index is 12.1. The molecule has 5 nitrogen and oxygen atoms in total. The summed E-state index contributed by atoms with van der Waals surface area (Å²) in [7, 11) is -2.39. The summed E-state index contributed by atoms with van der Waals surface area (Å²) in [5, 5.41) is 12.8. The zero-order chi connectivity index (χ0) is 16.3. The molecule has 0 fully saturated rings. The van der Waals surface area contributed by atoms with E-state index in [1.54, 1.807) is 58.4 Å². The van der Waals surface area contributed by atoms with Crippen LogP contribution in [-0.2, 0) is 9.30 Å².